The number of nitrogens with zero attached hydrogens (tertiary/aromatic N) is 4. The molecule has 0 spiro atoms. The van der Waals surface area contributed by atoms with Crippen molar-refractivity contribution >= 4 is 17.4 Å². The molecule has 5 rings (SSSR count). The van der Waals surface area contributed by atoms with E-state index in [0.717, 1.165) is 30.0 Å². The summed E-state index contributed by atoms with van der Waals surface area (Å²) < 4.78 is 12.6. The number of hydrogen-bond acceptors (Lipinski definition) is 6. The van der Waals surface area contributed by atoms with Crippen molar-refractivity contribution in [2.75, 3.05) is 43.6 Å². The number of rotatable bonds is 7. The summed E-state index contributed by atoms with van der Waals surface area (Å²) in [6.45, 7) is 3.56. The third-order valence-corrected chi connectivity index (χ3v) is 5.88. The number of amides is 1. The van der Waals surface area contributed by atoms with Gasteiger partial charge in [-0.2, -0.15) is 5.10 Å². The zero-order valence-electron chi connectivity index (χ0n) is 19.6. The highest BCUT2D eigenvalue weighted by Crippen LogP contribution is 2.27. The fourth-order valence-electron chi connectivity index (χ4n) is 4.06. The van der Waals surface area contributed by atoms with Crippen LogP contribution in [0.5, 0.6) is 5.75 Å². The molecule has 0 bridgehead atoms. The van der Waals surface area contributed by atoms with Crippen molar-refractivity contribution in [1.82, 2.24) is 14.8 Å². The van der Waals surface area contributed by atoms with Crippen molar-refractivity contribution in [2.24, 2.45) is 0 Å². The molecule has 0 saturated carbocycles. The lowest BCUT2D eigenvalue weighted by Crippen LogP contribution is -2.36. The summed E-state index contributed by atoms with van der Waals surface area (Å²) in [7, 11) is 1.62. The number of hydrogen-bond donors (Lipinski definition) is 1. The summed E-state index contributed by atoms with van der Waals surface area (Å²) in [5.41, 5.74) is 3.60. The number of carbonyl (C=O) groups is 1. The molecule has 2 aromatic carbocycles. The van der Waals surface area contributed by atoms with Gasteiger partial charge in [-0.1, -0.05) is 42.5 Å². The molecule has 1 aliphatic rings. The number of morpholine rings is 1. The maximum Gasteiger partial charge on any atom is 0.259 e. The van der Waals surface area contributed by atoms with Gasteiger partial charge in [-0.15, -0.1) is 0 Å². The Morgan fingerprint density at radius 1 is 1.06 bits per heavy atom. The number of ether oxygens (including phenoxy) is 2. The van der Waals surface area contributed by atoms with Crippen molar-refractivity contribution in [3.63, 3.8) is 0 Å². The molecule has 0 unspecified atom stereocenters. The topological polar surface area (TPSA) is 81.5 Å². The van der Waals surface area contributed by atoms with Gasteiger partial charge in [0.1, 0.15) is 17.3 Å². The average molecular weight is 470 g/mol. The molecule has 1 N–H and O–H groups in total. The van der Waals surface area contributed by atoms with Crippen LogP contribution in [0, 0.1) is 0 Å². The Labute approximate surface area is 204 Å². The molecule has 0 aliphatic carbocycles. The van der Waals surface area contributed by atoms with Crippen LogP contribution in [0.1, 0.15) is 15.9 Å². The molecule has 178 valence electrons. The third-order valence-electron chi connectivity index (χ3n) is 5.88. The Morgan fingerprint density at radius 3 is 2.63 bits per heavy atom. The van der Waals surface area contributed by atoms with Crippen LogP contribution in [0.4, 0.5) is 11.5 Å². The average Bonchev–Trinajstić information content (AvgIpc) is 3.34. The second-order valence-corrected chi connectivity index (χ2v) is 8.27. The first-order chi connectivity index (χ1) is 17.2. The Balaban J connectivity index is 1.41. The van der Waals surface area contributed by atoms with Gasteiger partial charge in [0.05, 0.1) is 44.3 Å². The van der Waals surface area contributed by atoms with E-state index in [4.69, 9.17) is 14.6 Å². The summed E-state index contributed by atoms with van der Waals surface area (Å²) in [5, 5.41) is 7.73. The molecule has 0 radical (unpaired) electrons. The van der Waals surface area contributed by atoms with Gasteiger partial charge in [-0.3, -0.25) is 9.48 Å². The van der Waals surface area contributed by atoms with Crippen LogP contribution in [0.15, 0.2) is 79.1 Å². The van der Waals surface area contributed by atoms with Gasteiger partial charge in [0.25, 0.3) is 5.91 Å². The lowest BCUT2D eigenvalue weighted by atomic mass is 10.1. The van der Waals surface area contributed by atoms with Crippen LogP contribution in [0.25, 0.3) is 11.3 Å². The van der Waals surface area contributed by atoms with E-state index in [9.17, 15) is 4.79 Å². The Hall–Kier alpha value is -4.17. The van der Waals surface area contributed by atoms with Gasteiger partial charge in [0.15, 0.2) is 0 Å². The monoisotopic (exact) mass is 469 g/mol. The van der Waals surface area contributed by atoms with Crippen LogP contribution >= 0.6 is 0 Å². The number of nitrogens with one attached hydrogen (secondary N) is 1. The van der Waals surface area contributed by atoms with Crippen LogP contribution in [-0.2, 0) is 11.3 Å². The van der Waals surface area contributed by atoms with Crippen molar-refractivity contribution in [3.05, 3.63) is 90.3 Å². The molecule has 1 aliphatic heterocycles. The SMILES string of the molecule is COc1cccc(-c2nn(Cc3ccccc3)cc2C(=O)Nc2ccc(N3CCOCC3)nc2)c1. The molecular weight excluding hydrogens is 442 g/mol. The zero-order valence-corrected chi connectivity index (χ0v) is 19.6. The maximum atomic E-state index is 13.4. The molecule has 8 nitrogen and oxygen atoms in total. The summed E-state index contributed by atoms with van der Waals surface area (Å²) in [5.74, 6) is 1.33. The molecule has 3 heterocycles. The fraction of sp³-hybridized carbons (Fsp3) is 0.222. The van der Waals surface area contributed by atoms with Crippen LogP contribution in [0.3, 0.4) is 0 Å². The summed E-state index contributed by atoms with van der Waals surface area (Å²) in [6, 6.07) is 21.4. The van der Waals surface area contributed by atoms with E-state index in [2.05, 4.69) is 15.2 Å². The van der Waals surface area contributed by atoms with E-state index in [0.29, 0.717) is 42.5 Å². The highest BCUT2D eigenvalue weighted by Gasteiger charge is 2.19. The van der Waals surface area contributed by atoms with E-state index in [-0.39, 0.29) is 5.91 Å². The predicted molar refractivity (Wildman–Crippen MR) is 135 cm³/mol. The molecular formula is C27H27N5O3. The van der Waals surface area contributed by atoms with E-state index < -0.39 is 0 Å². The van der Waals surface area contributed by atoms with Crippen molar-refractivity contribution in [1.29, 1.82) is 0 Å². The predicted octanol–water partition coefficient (Wildman–Crippen LogP) is 4.09. The molecule has 1 saturated heterocycles. The molecule has 0 atom stereocenters. The summed E-state index contributed by atoms with van der Waals surface area (Å²) >= 11 is 0. The standard InChI is InChI=1S/C27H27N5O3/c1-34-23-9-5-8-21(16-23)26-24(19-32(30-26)18-20-6-3-2-4-7-20)27(33)29-22-10-11-25(28-17-22)31-12-14-35-15-13-31/h2-11,16-17,19H,12-15,18H2,1H3,(H,29,33). The summed E-state index contributed by atoms with van der Waals surface area (Å²) in [6.07, 6.45) is 3.47. The zero-order chi connectivity index (χ0) is 24.0. The lowest BCUT2D eigenvalue weighted by Gasteiger charge is -2.27. The second-order valence-electron chi connectivity index (χ2n) is 8.27. The van der Waals surface area contributed by atoms with E-state index in [1.54, 1.807) is 24.2 Å². The van der Waals surface area contributed by atoms with Crippen molar-refractivity contribution in [2.45, 2.75) is 6.54 Å². The molecule has 1 amide bonds. The van der Waals surface area contributed by atoms with Gasteiger partial charge in [0.2, 0.25) is 0 Å². The number of methoxy groups -OCH3 is 1. The normalized spacial score (nSPS) is 13.5. The summed E-state index contributed by atoms with van der Waals surface area (Å²) in [4.78, 5) is 20.1. The smallest absolute Gasteiger partial charge is 0.259 e. The van der Waals surface area contributed by atoms with Crippen LogP contribution in [-0.4, -0.2) is 54.1 Å². The minimum Gasteiger partial charge on any atom is -0.497 e. The molecule has 8 heteroatoms. The number of anilines is 2. The molecule has 1 fully saturated rings. The third kappa shape index (κ3) is 5.33. The minimum atomic E-state index is -0.247. The van der Waals surface area contributed by atoms with Crippen molar-refractivity contribution in [3.8, 4) is 17.0 Å². The Morgan fingerprint density at radius 2 is 1.89 bits per heavy atom. The highest BCUT2D eigenvalue weighted by molar-refractivity contribution is 6.08. The second kappa shape index (κ2) is 10.4. The van der Waals surface area contributed by atoms with E-state index in [1.165, 1.54) is 0 Å². The Kier molecular flexibility index (Phi) is 6.72. The number of carbonyl (C=O) groups excluding carboxylic acids is 1. The van der Waals surface area contributed by atoms with Gasteiger partial charge in [-0.25, -0.2) is 4.98 Å². The van der Waals surface area contributed by atoms with Crippen molar-refractivity contribution < 1.29 is 14.3 Å². The van der Waals surface area contributed by atoms with Gasteiger partial charge < -0.3 is 19.7 Å². The van der Waals surface area contributed by atoms with Crippen LogP contribution in [0.2, 0.25) is 0 Å². The fourth-order valence-corrected chi connectivity index (χ4v) is 4.06. The molecule has 2 aromatic heterocycles. The first-order valence-electron chi connectivity index (χ1n) is 11.6. The van der Waals surface area contributed by atoms with Crippen LogP contribution < -0.4 is 15.0 Å². The first kappa shape index (κ1) is 22.6. The quantitative estimate of drug-likeness (QED) is 0.439. The van der Waals surface area contributed by atoms with Gasteiger partial charge >= 0.3 is 0 Å². The Bertz CT molecular complexity index is 1280. The van der Waals surface area contributed by atoms with E-state index in [1.807, 2.05) is 66.7 Å². The first-order valence-corrected chi connectivity index (χ1v) is 11.6. The van der Waals surface area contributed by atoms with E-state index >= 15 is 0 Å². The maximum absolute atomic E-state index is 13.4. The molecule has 35 heavy (non-hydrogen) atoms. The molecule has 4 aromatic rings. The van der Waals surface area contributed by atoms with Gasteiger partial charge in [-0.05, 0) is 29.8 Å². The number of pyridine rings is 1. The number of benzene rings is 2. The minimum absolute atomic E-state index is 0.247. The largest absolute Gasteiger partial charge is 0.497 e. The number of aromatic nitrogens is 3. The highest BCUT2D eigenvalue weighted by atomic mass is 16.5. The van der Waals surface area contributed by atoms with Gasteiger partial charge in [0, 0.05) is 24.8 Å². The lowest BCUT2D eigenvalue weighted by molar-refractivity contribution is 0.102.